The van der Waals surface area contributed by atoms with Crippen LogP contribution in [-0.2, 0) is 11.2 Å². The van der Waals surface area contributed by atoms with Crippen LogP contribution in [0.25, 0.3) is 5.65 Å². The van der Waals surface area contributed by atoms with Crippen LogP contribution in [-0.4, -0.2) is 29.5 Å². The standard InChI is InChI=1S/C19H19N3O4/c1-12-18(19(24)22-9-5-4-6-16(22)20-12)21-17(23)11-13-7-8-14(25-2)15(10-13)26-3/h4-10H,11H2,1-3H3,(H,21,23). The highest BCUT2D eigenvalue weighted by Gasteiger charge is 2.14. The number of pyridine rings is 1. The summed E-state index contributed by atoms with van der Waals surface area (Å²) in [5.41, 5.74) is 1.62. The van der Waals surface area contributed by atoms with Crippen LogP contribution in [0.15, 0.2) is 47.4 Å². The van der Waals surface area contributed by atoms with Crippen molar-refractivity contribution in [3.63, 3.8) is 0 Å². The third-order valence-electron chi connectivity index (χ3n) is 3.99. The summed E-state index contributed by atoms with van der Waals surface area (Å²) < 4.78 is 11.8. The van der Waals surface area contributed by atoms with Gasteiger partial charge < -0.3 is 14.8 Å². The number of methoxy groups -OCH3 is 2. The molecule has 7 heteroatoms. The summed E-state index contributed by atoms with van der Waals surface area (Å²) in [6.07, 6.45) is 1.71. The summed E-state index contributed by atoms with van der Waals surface area (Å²) in [5.74, 6) is 0.820. The van der Waals surface area contributed by atoms with E-state index >= 15 is 0 Å². The number of nitrogens with one attached hydrogen (secondary N) is 1. The van der Waals surface area contributed by atoms with Gasteiger partial charge in [0.25, 0.3) is 5.56 Å². The molecule has 0 aliphatic heterocycles. The van der Waals surface area contributed by atoms with Gasteiger partial charge in [0.05, 0.1) is 26.3 Å². The highest BCUT2D eigenvalue weighted by Crippen LogP contribution is 2.27. The van der Waals surface area contributed by atoms with Gasteiger partial charge in [-0.2, -0.15) is 0 Å². The zero-order valence-corrected chi connectivity index (χ0v) is 14.8. The van der Waals surface area contributed by atoms with E-state index in [4.69, 9.17) is 9.47 Å². The number of carbonyl (C=O) groups excluding carboxylic acids is 1. The molecule has 1 amide bonds. The maximum Gasteiger partial charge on any atom is 0.281 e. The number of benzene rings is 1. The minimum Gasteiger partial charge on any atom is -0.493 e. The molecule has 0 saturated heterocycles. The van der Waals surface area contributed by atoms with E-state index in [1.807, 2.05) is 0 Å². The zero-order chi connectivity index (χ0) is 18.7. The molecule has 0 aliphatic carbocycles. The second-order valence-corrected chi connectivity index (χ2v) is 5.72. The molecular formula is C19H19N3O4. The fourth-order valence-corrected chi connectivity index (χ4v) is 2.70. The Kier molecular flexibility index (Phi) is 4.88. The third kappa shape index (κ3) is 3.37. The largest absolute Gasteiger partial charge is 0.493 e. The second-order valence-electron chi connectivity index (χ2n) is 5.72. The third-order valence-corrected chi connectivity index (χ3v) is 3.99. The molecule has 0 aliphatic rings. The van der Waals surface area contributed by atoms with Crippen molar-refractivity contribution in [3.05, 3.63) is 64.2 Å². The molecule has 3 aromatic rings. The molecule has 26 heavy (non-hydrogen) atoms. The van der Waals surface area contributed by atoms with E-state index in [9.17, 15) is 9.59 Å². The summed E-state index contributed by atoms with van der Waals surface area (Å²) in [6, 6.07) is 10.5. The van der Waals surface area contributed by atoms with Gasteiger partial charge in [-0.1, -0.05) is 12.1 Å². The molecule has 0 atom stereocenters. The van der Waals surface area contributed by atoms with Gasteiger partial charge in [-0.25, -0.2) is 4.98 Å². The van der Waals surface area contributed by atoms with Crippen molar-refractivity contribution < 1.29 is 14.3 Å². The molecule has 0 saturated carbocycles. The van der Waals surface area contributed by atoms with E-state index in [1.54, 1.807) is 56.6 Å². The fraction of sp³-hybridized carbons (Fsp3) is 0.211. The first-order valence-electron chi connectivity index (χ1n) is 8.02. The Morgan fingerprint density at radius 3 is 2.65 bits per heavy atom. The van der Waals surface area contributed by atoms with Gasteiger partial charge in [-0.05, 0) is 36.8 Å². The van der Waals surface area contributed by atoms with Gasteiger partial charge >= 0.3 is 0 Å². The topological polar surface area (TPSA) is 81.9 Å². The number of hydrogen-bond donors (Lipinski definition) is 1. The normalized spacial score (nSPS) is 10.6. The lowest BCUT2D eigenvalue weighted by Gasteiger charge is -2.11. The molecule has 1 N–H and O–H groups in total. The minimum atomic E-state index is -0.311. The van der Waals surface area contributed by atoms with E-state index in [-0.39, 0.29) is 23.6 Å². The van der Waals surface area contributed by atoms with Crippen LogP contribution in [0.3, 0.4) is 0 Å². The molecule has 0 radical (unpaired) electrons. The monoisotopic (exact) mass is 353 g/mol. The number of nitrogens with zero attached hydrogens (tertiary/aromatic N) is 2. The maximum atomic E-state index is 12.6. The number of aryl methyl sites for hydroxylation is 1. The van der Waals surface area contributed by atoms with Crippen molar-refractivity contribution in [2.24, 2.45) is 0 Å². The molecule has 2 aromatic heterocycles. The number of anilines is 1. The van der Waals surface area contributed by atoms with Crippen LogP contribution in [0, 0.1) is 6.92 Å². The van der Waals surface area contributed by atoms with Gasteiger partial charge in [-0.3, -0.25) is 14.0 Å². The zero-order valence-electron chi connectivity index (χ0n) is 14.8. The van der Waals surface area contributed by atoms with Crippen LogP contribution in [0.5, 0.6) is 11.5 Å². The van der Waals surface area contributed by atoms with Crippen molar-refractivity contribution in [3.8, 4) is 11.5 Å². The Bertz CT molecular complexity index is 1030. The van der Waals surface area contributed by atoms with Crippen molar-refractivity contribution in [1.29, 1.82) is 0 Å². The summed E-state index contributed by atoms with van der Waals surface area (Å²) >= 11 is 0. The van der Waals surface area contributed by atoms with Gasteiger partial charge in [0.15, 0.2) is 11.5 Å². The molecule has 3 rings (SSSR count). The number of aromatic nitrogens is 2. The van der Waals surface area contributed by atoms with E-state index in [1.165, 1.54) is 11.5 Å². The quantitative estimate of drug-likeness (QED) is 0.760. The van der Waals surface area contributed by atoms with Gasteiger partial charge in [0, 0.05) is 6.20 Å². The second kappa shape index (κ2) is 7.26. The van der Waals surface area contributed by atoms with E-state index < -0.39 is 0 Å². The van der Waals surface area contributed by atoms with Crippen LogP contribution in [0.4, 0.5) is 5.69 Å². The molecule has 0 unspecified atom stereocenters. The first-order chi connectivity index (χ1) is 12.5. The fourth-order valence-electron chi connectivity index (χ4n) is 2.70. The Balaban J connectivity index is 1.85. The molecule has 0 fully saturated rings. The van der Waals surface area contributed by atoms with E-state index in [0.717, 1.165) is 5.56 Å². The average molecular weight is 353 g/mol. The summed E-state index contributed by atoms with van der Waals surface area (Å²) in [7, 11) is 3.08. The number of rotatable bonds is 5. The van der Waals surface area contributed by atoms with E-state index in [0.29, 0.717) is 22.8 Å². The molecular weight excluding hydrogens is 334 g/mol. The van der Waals surface area contributed by atoms with Gasteiger partial charge in [0.2, 0.25) is 5.91 Å². The Hall–Kier alpha value is -3.35. The van der Waals surface area contributed by atoms with Crippen LogP contribution in [0.1, 0.15) is 11.3 Å². The van der Waals surface area contributed by atoms with Crippen molar-refractivity contribution in [2.75, 3.05) is 19.5 Å². The smallest absolute Gasteiger partial charge is 0.281 e. The molecule has 7 nitrogen and oxygen atoms in total. The van der Waals surface area contributed by atoms with Crippen LogP contribution < -0.4 is 20.3 Å². The predicted molar refractivity (Wildman–Crippen MR) is 98.1 cm³/mol. The lowest BCUT2D eigenvalue weighted by molar-refractivity contribution is -0.115. The number of carbonyl (C=O) groups is 1. The number of amides is 1. The number of hydrogen-bond acceptors (Lipinski definition) is 5. The molecule has 1 aromatic carbocycles. The van der Waals surface area contributed by atoms with Gasteiger partial charge in [-0.15, -0.1) is 0 Å². The Morgan fingerprint density at radius 2 is 1.92 bits per heavy atom. The van der Waals surface area contributed by atoms with Crippen molar-refractivity contribution in [1.82, 2.24) is 9.38 Å². The first kappa shape index (κ1) is 17.5. The van der Waals surface area contributed by atoms with Gasteiger partial charge in [0.1, 0.15) is 11.3 Å². The highest BCUT2D eigenvalue weighted by molar-refractivity contribution is 5.92. The molecule has 0 bridgehead atoms. The summed E-state index contributed by atoms with van der Waals surface area (Å²) in [6.45, 7) is 1.69. The molecule has 134 valence electrons. The molecule has 0 spiro atoms. The predicted octanol–water partition coefficient (Wildman–Crippen LogP) is 2.20. The SMILES string of the molecule is COc1ccc(CC(=O)Nc2c(C)nc3ccccn3c2=O)cc1OC. The first-order valence-corrected chi connectivity index (χ1v) is 8.02. The lowest BCUT2D eigenvalue weighted by Crippen LogP contribution is -2.25. The van der Waals surface area contributed by atoms with Crippen LogP contribution >= 0.6 is 0 Å². The van der Waals surface area contributed by atoms with Crippen LogP contribution in [0.2, 0.25) is 0 Å². The van der Waals surface area contributed by atoms with Crippen molar-refractivity contribution >= 4 is 17.2 Å². The summed E-state index contributed by atoms with van der Waals surface area (Å²) in [5, 5.41) is 2.68. The lowest BCUT2D eigenvalue weighted by atomic mass is 10.1. The molecule has 2 heterocycles. The maximum absolute atomic E-state index is 12.6. The Labute approximate surface area is 150 Å². The average Bonchev–Trinajstić information content (AvgIpc) is 2.65. The van der Waals surface area contributed by atoms with E-state index in [2.05, 4.69) is 10.3 Å². The minimum absolute atomic E-state index is 0.0940. The Morgan fingerprint density at radius 1 is 1.15 bits per heavy atom. The van der Waals surface area contributed by atoms with Crippen molar-refractivity contribution in [2.45, 2.75) is 13.3 Å². The summed E-state index contributed by atoms with van der Waals surface area (Å²) in [4.78, 5) is 29.4. The number of ether oxygens (including phenoxy) is 2. The highest BCUT2D eigenvalue weighted by atomic mass is 16.5. The number of fused-ring (bicyclic) bond motifs is 1.